The summed E-state index contributed by atoms with van der Waals surface area (Å²) in [5.74, 6) is 1.85. The summed E-state index contributed by atoms with van der Waals surface area (Å²) in [4.78, 5) is 11.9. The van der Waals surface area contributed by atoms with Crippen molar-refractivity contribution in [3.8, 4) is 0 Å². The summed E-state index contributed by atoms with van der Waals surface area (Å²) in [7, 11) is 0. The quantitative estimate of drug-likeness (QED) is 0.675. The van der Waals surface area contributed by atoms with Crippen LogP contribution in [0.1, 0.15) is 45.6 Å². The SMILES string of the molecule is CCc1cn[nH]c1NC(=O)CCC(CCN)C(C)C. The highest BCUT2D eigenvalue weighted by Crippen LogP contribution is 2.21. The van der Waals surface area contributed by atoms with Crippen LogP contribution in [0.2, 0.25) is 0 Å². The molecule has 5 nitrogen and oxygen atoms in total. The lowest BCUT2D eigenvalue weighted by atomic mass is 9.88. The first kappa shape index (κ1) is 15.7. The topological polar surface area (TPSA) is 83.8 Å². The third kappa shape index (κ3) is 5.03. The molecule has 4 N–H and O–H groups in total. The van der Waals surface area contributed by atoms with Crippen LogP contribution in [0.3, 0.4) is 0 Å². The van der Waals surface area contributed by atoms with Gasteiger partial charge in [0.1, 0.15) is 5.82 Å². The van der Waals surface area contributed by atoms with Crippen molar-refractivity contribution in [2.45, 2.75) is 46.5 Å². The fourth-order valence-corrected chi connectivity index (χ4v) is 2.23. The molecule has 0 saturated heterocycles. The van der Waals surface area contributed by atoms with Gasteiger partial charge in [-0.3, -0.25) is 9.89 Å². The van der Waals surface area contributed by atoms with Gasteiger partial charge in [0, 0.05) is 12.0 Å². The van der Waals surface area contributed by atoms with Gasteiger partial charge in [-0.05, 0) is 37.6 Å². The van der Waals surface area contributed by atoms with E-state index in [-0.39, 0.29) is 5.91 Å². The second-order valence-electron chi connectivity index (χ2n) is 5.29. The fraction of sp³-hybridized carbons (Fsp3) is 0.714. The van der Waals surface area contributed by atoms with Gasteiger partial charge in [0.25, 0.3) is 0 Å². The molecule has 1 unspecified atom stereocenters. The van der Waals surface area contributed by atoms with Crippen LogP contribution < -0.4 is 11.1 Å². The minimum atomic E-state index is 0.0432. The summed E-state index contributed by atoms with van der Waals surface area (Å²) in [6, 6.07) is 0. The first-order valence-corrected chi connectivity index (χ1v) is 7.10. The van der Waals surface area contributed by atoms with Crippen molar-refractivity contribution in [2.24, 2.45) is 17.6 Å². The zero-order chi connectivity index (χ0) is 14.3. The number of aryl methyl sites for hydroxylation is 1. The van der Waals surface area contributed by atoms with Gasteiger partial charge in [0.05, 0.1) is 6.20 Å². The van der Waals surface area contributed by atoms with Gasteiger partial charge in [-0.2, -0.15) is 5.10 Å². The number of carbonyl (C=O) groups is 1. The molecule has 0 spiro atoms. The number of anilines is 1. The summed E-state index contributed by atoms with van der Waals surface area (Å²) in [6.07, 6.45) is 5.01. The molecule has 1 aromatic heterocycles. The van der Waals surface area contributed by atoms with E-state index in [0.717, 1.165) is 30.6 Å². The monoisotopic (exact) mass is 266 g/mol. The number of nitrogens with one attached hydrogen (secondary N) is 2. The molecule has 1 aromatic rings. The van der Waals surface area contributed by atoms with E-state index in [4.69, 9.17) is 5.73 Å². The molecule has 5 heteroatoms. The van der Waals surface area contributed by atoms with Gasteiger partial charge < -0.3 is 11.1 Å². The van der Waals surface area contributed by atoms with Crippen molar-refractivity contribution in [3.05, 3.63) is 11.8 Å². The van der Waals surface area contributed by atoms with Crippen LogP contribution in [-0.2, 0) is 11.2 Å². The Balaban J connectivity index is 2.43. The summed E-state index contributed by atoms with van der Waals surface area (Å²) < 4.78 is 0. The number of amides is 1. The number of nitrogens with two attached hydrogens (primary N) is 1. The molecule has 1 rings (SSSR count). The van der Waals surface area contributed by atoms with E-state index in [9.17, 15) is 4.79 Å². The van der Waals surface area contributed by atoms with Crippen molar-refractivity contribution in [1.29, 1.82) is 0 Å². The highest BCUT2D eigenvalue weighted by Gasteiger charge is 2.15. The van der Waals surface area contributed by atoms with Crippen molar-refractivity contribution >= 4 is 11.7 Å². The minimum absolute atomic E-state index is 0.0432. The predicted octanol–water partition coefficient (Wildman–Crippen LogP) is 2.31. The highest BCUT2D eigenvalue weighted by atomic mass is 16.1. The average Bonchev–Trinajstić information content (AvgIpc) is 2.81. The summed E-state index contributed by atoms with van der Waals surface area (Å²) in [5.41, 5.74) is 6.65. The molecule has 1 heterocycles. The Labute approximate surface area is 115 Å². The Hall–Kier alpha value is -1.36. The maximum atomic E-state index is 11.9. The second-order valence-corrected chi connectivity index (χ2v) is 5.29. The molecule has 0 aliphatic heterocycles. The second kappa shape index (κ2) is 7.94. The zero-order valence-corrected chi connectivity index (χ0v) is 12.2. The van der Waals surface area contributed by atoms with Gasteiger partial charge in [-0.15, -0.1) is 0 Å². The lowest BCUT2D eigenvalue weighted by molar-refractivity contribution is -0.116. The van der Waals surface area contributed by atoms with Gasteiger partial charge in [-0.25, -0.2) is 0 Å². The number of aromatic nitrogens is 2. The maximum Gasteiger partial charge on any atom is 0.225 e. The average molecular weight is 266 g/mol. The van der Waals surface area contributed by atoms with E-state index in [1.54, 1.807) is 6.20 Å². The van der Waals surface area contributed by atoms with Crippen molar-refractivity contribution in [2.75, 3.05) is 11.9 Å². The molecular formula is C14H26N4O. The van der Waals surface area contributed by atoms with Crippen LogP contribution in [0.5, 0.6) is 0 Å². The third-order valence-corrected chi connectivity index (χ3v) is 3.59. The molecule has 0 radical (unpaired) electrons. The molecular weight excluding hydrogens is 240 g/mol. The Morgan fingerprint density at radius 1 is 1.47 bits per heavy atom. The van der Waals surface area contributed by atoms with Crippen LogP contribution in [0.4, 0.5) is 5.82 Å². The van der Waals surface area contributed by atoms with Crippen LogP contribution in [0, 0.1) is 11.8 Å². The third-order valence-electron chi connectivity index (χ3n) is 3.59. The normalized spacial score (nSPS) is 12.7. The smallest absolute Gasteiger partial charge is 0.225 e. The fourth-order valence-electron chi connectivity index (χ4n) is 2.23. The molecule has 0 fully saturated rings. The standard InChI is InChI=1S/C14H26N4O/c1-4-11-9-16-18-14(11)17-13(19)6-5-12(7-8-15)10(2)3/h9-10,12H,4-8,15H2,1-3H3,(H2,16,17,18,19). The van der Waals surface area contributed by atoms with Crippen LogP contribution in [0.15, 0.2) is 6.20 Å². The van der Waals surface area contributed by atoms with Crippen LogP contribution >= 0.6 is 0 Å². The number of nitrogens with zero attached hydrogens (tertiary/aromatic N) is 1. The number of carbonyl (C=O) groups excluding carboxylic acids is 1. The predicted molar refractivity (Wildman–Crippen MR) is 77.8 cm³/mol. The van der Waals surface area contributed by atoms with E-state index in [1.807, 2.05) is 6.92 Å². The largest absolute Gasteiger partial charge is 0.330 e. The molecule has 0 aliphatic rings. The van der Waals surface area contributed by atoms with E-state index < -0.39 is 0 Å². The molecule has 0 saturated carbocycles. The van der Waals surface area contributed by atoms with Gasteiger partial charge in [0.2, 0.25) is 5.91 Å². The number of hydrogen-bond donors (Lipinski definition) is 3. The van der Waals surface area contributed by atoms with Crippen LogP contribution in [0.25, 0.3) is 0 Å². The summed E-state index contributed by atoms with van der Waals surface area (Å²) in [6.45, 7) is 7.09. The van der Waals surface area contributed by atoms with E-state index in [0.29, 0.717) is 24.8 Å². The van der Waals surface area contributed by atoms with Crippen molar-refractivity contribution < 1.29 is 4.79 Å². The number of H-pyrrole nitrogens is 1. The highest BCUT2D eigenvalue weighted by molar-refractivity contribution is 5.90. The Morgan fingerprint density at radius 2 is 2.21 bits per heavy atom. The number of aromatic amines is 1. The van der Waals surface area contributed by atoms with Crippen molar-refractivity contribution in [1.82, 2.24) is 10.2 Å². The number of rotatable bonds is 8. The molecule has 1 amide bonds. The zero-order valence-electron chi connectivity index (χ0n) is 12.2. The lowest BCUT2D eigenvalue weighted by Gasteiger charge is -2.19. The molecule has 108 valence electrons. The molecule has 0 bridgehead atoms. The molecule has 19 heavy (non-hydrogen) atoms. The Bertz CT molecular complexity index is 387. The summed E-state index contributed by atoms with van der Waals surface area (Å²) in [5, 5.41) is 9.65. The lowest BCUT2D eigenvalue weighted by Crippen LogP contribution is -2.19. The number of hydrogen-bond acceptors (Lipinski definition) is 3. The summed E-state index contributed by atoms with van der Waals surface area (Å²) >= 11 is 0. The Morgan fingerprint density at radius 3 is 2.79 bits per heavy atom. The van der Waals surface area contributed by atoms with Gasteiger partial charge >= 0.3 is 0 Å². The Kier molecular flexibility index (Phi) is 6.56. The molecule has 0 aromatic carbocycles. The van der Waals surface area contributed by atoms with E-state index in [2.05, 4.69) is 29.4 Å². The van der Waals surface area contributed by atoms with Gasteiger partial charge in [0.15, 0.2) is 0 Å². The molecule has 1 atom stereocenters. The van der Waals surface area contributed by atoms with Crippen molar-refractivity contribution in [3.63, 3.8) is 0 Å². The van der Waals surface area contributed by atoms with E-state index in [1.165, 1.54) is 0 Å². The first-order chi connectivity index (χ1) is 9.08. The first-order valence-electron chi connectivity index (χ1n) is 7.10. The minimum Gasteiger partial charge on any atom is -0.330 e. The van der Waals surface area contributed by atoms with E-state index >= 15 is 0 Å². The van der Waals surface area contributed by atoms with Crippen LogP contribution in [-0.4, -0.2) is 22.6 Å². The van der Waals surface area contributed by atoms with Gasteiger partial charge in [-0.1, -0.05) is 20.8 Å². The maximum absolute atomic E-state index is 11.9. The molecule has 0 aliphatic carbocycles.